The van der Waals surface area contributed by atoms with Gasteiger partial charge in [0.25, 0.3) is 5.91 Å². The number of aromatic carboxylic acids is 1. The number of ether oxygens (including phenoxy) is 1. The van der Waals surface area contributed by atoms with E-state index >= 15 is 0 Å². The van der Waals surface area contributed by atoms with Gasteiger partial charge in [-0.15, -0.1) is 0 Å². The molecule has 1 saturated heterocycles. The zero-order valence-corrected chi connectivity index (χ0v) is 23.0. The number of carbonyl (C=O) groups is 2. The molecule has 0 bridgehead atoms. The van der Waals surface area contributed by atoms with Crippen LogP contribution in [0.15, 0.2) is 23.1 Å². The van der Waals surface area contributed by atoms with Crippen molar-refractivity contribution in [1.82, 2.24) is 19.5 Å². The molecular weight excluding hydrogens is 544 g/mol. The van der Waals surface area contributed by atoms with E-state index in [0.29, 0.717) is 11.0 Å². The number of carboxylic acids is 1. The van der Waals surface area contributed by atoms with Gasteiger partial charge >= 0.3 is 17.6 Å². The summed E-state index contributed by atoms with van der Waals surface area (Å²) in [6, 6.07) is 2.05. The van der Waals surface area contributed by atoms with E-state index < -0.39 is 48.5 Å². The van der Waals surface area contributed by atoms with Gasteiger partial charge in [-0.3, -0.25) is 9.36 Å². The first kappa shape index (κ1) is 32.2. The fourth-order valence-corrected chi connectivity index (χ4v) is 4.57. The van der Waals surface area contributed by atoms with E-state index in [1.54, 1.807) is 0 Å². The van der Waals surface area contributed by atoms with Gasteiger partial charge in [0, 0.05) is 18.7 Å². The number of carbonyl (C=O) groups excluding carboxylic acids is 1. The van der Waals surface area contributed by atoms with Crippen LogP contribution in [-0.4, -0.2) is 71.5 Å². The third-order valence-electron chi connectivity index (χ3n) is 6.86. The molecule has 0 aromatic carbocycles. The first-order valence-corrected chi connectivity index (χ1v) is 13.9. The number of carboxylic acid groups (broad SMARTS) is 1. The third kappa shape index (κ3) is 8.57. The van der Waals surface area contributed by atoms with Gasteiger partial charge in [-0.2, -0.15) is 13.8 Å². The van der Waals surface area contributed by atoms with Crippen LogP contribution in [0, 0.1) is 0 Å². The number of nitrogens with one attached hydrogen (secondary N) is 1. The van der Waals surface area contributed by atoms with Crippen molar-refractivity contribution in [3.05, 3.63) is 46.0 Å². The molecule has 0 spiro atoms. The number of aromatic nitrogens is 4. The topological polar surface area (TPSA) is 177 Å². The molecule has 3 rings (SSSR count). The van der Waals surface area contributed by atoms with Gasteiger partial charge < -0.3 is 25.4 Å². The summed E-state index contributed by atoms with van der Waals surface area (Å²) in [7, 11) is 0. The highest BCUT2D eigenvalue weighted by molar-refractivity contribution is 6.03. The van der Waals surface area contributed by atoms with Crippen LogP contribution in [-0.2, 0) is 11.2 Å². The van der Waals surface area contributed by atoms with Crippen molar-refractivity contribution in [3.63, 3.8) is 0 Å². The minimum atomic E-state index is -3.89. The summed E-state index contributed by atoms with van der Waals surface area (Å²) >= 11 is 0. The molecule has 1 amide bonds. The Kier molecular flexibility index (Phi) is 11.8. The van der Waals surface area contributed by atoms with Gasteiger partial charge in [0.05, 0.1) is 6.61 Å². The Morgan fingerprint density at radius 3 is 2.20 bits per heavy atom. The monoisotopic (exact) mass is 581 g/mol. The van der Waals surface area contributed by atoms with Crippen molar-refractivity contribution < 1.29 is 38.4 Å². The Morgan fingerprint density at radius 2 is 1.63 bits per heavy atom. The molecule has 2 aromatic heterocycles. The average Bonchev–Trinajstić information content (AvgIpc) is 3.17. The Labute approximate surface area is 235 Å². The summed E-state index contributed by atoms with van der Waals surface area (Å²) in [6.45, 7) is 1.30. The van der Waals surface area contributed by atoms with Crippen molar-refractivity contribution in [2.24, 2.45) is 0 Å². The lowest BCUT2D eigenvalue weighted by atomic mass is 10.1. The Hall–Kier alpha value is -3.36. The van der Waals surface area contributed by atoms with E-state index in [2.05, 4.69) is 27.2 Å². The maximum Gasteiger partial charge on any atom is 0.354 e. The Morgan fingerprint density at radius 1 is 1.02 bits per heavy atom. The number of hydrogen-bond acceptors (Lipinski definition) is 9. The fraction of sp³-hybridized carbons (Fsp3) is 0.630. The number of alkyl halides is 2. The van der Waals surface area contributed by atoms with Crippen molar-refractivity contribution in [2.45, 2.75) is 102 Å². The van der Waals surface area contributed by atoms with Crippen LogP contribution >= 0.6 is 0 Å². The largest absolute Gasteiger partial charge is 0.477 e. The molecule has 1 aliphatic rings. The first-order chi connectivity index (χ1) is 19.6. The third-order valence-corrected chi connectivity index (χ3v) is 6.86. The number of rotatable bonds is 16. The van der Waals surface area contributed by atoms with Gasteiger partial charge in [0.15, 0.2) is 11.8 Å². The van der Waals surface area contributed by atoms with Crippen LogP contribution in [0.25, 0.3) is 0 Å². The van der Waals surface area contributed by atoms with Gasteiger partial charge in [-0.1, -0.05) is 64.7 Å². The summed E-state index contributed by atoms with van der Waals surface area (Å²) in [5.74, 6) is -6.21. The minimum Gasteiger partial charge on any atom is -0.477 e. The summed E-state index contributed by atoms with van der Waals surface area (Å²) in [5.41, 5.74) is -1.84. The molecule has 14 heteroatoms. The van der Waals surface area contributed by atoms with E-state index in [1.807, 2.05) is 0 Å². The lowest BCUT2D eigenvalue weighted by Crippen LogP contribution is -2.41. The maximum atomic E-state index is 14.4. The Balaban J connectivity index is 1.60. The zero-order chi connectivity index (χ0) is 30.0. The van der Waals surface area contributed by atoms with Crippen LogP contribution in [0.1, 0.15) is 104 Å². The van der Waals surface area contributed by atoms with Crippen LogP contribution < -0.4 is 11.0 Å². The molecule has 41 heavy (non-hydrogen) atoms. The van der Waals surface area contributed by atoms with E-state index in [1.165, 1.54) is 38.5 Å². The fourth-order valence-electron chi connectivity index (χ4n) is 4.57. The maximum absolute atomic E-state index is 14.4. The highest BCUT2D eigenvalue weighted by Gasteiger charge is 2.59. The molecule has 4 N–H and O–H groups in total. The van der Waals surface area contributed by atoms with E-state index in [0.717, 1.165) is 44.0 Å². The predicted octanol–water partition coefficient (Wildman–Crippen LogP) is 3.33. The van der Waals surface area contributed by atoms with E-state index in [-0.39, 0.29) is 23.0 Å². The normalized spacial score (nSPS) is 19.8. The molecule has 0 unspecified atom stereocenters. The smallest absolute Gasteiger partial charge is 0.354 e. The number of unbranched alkanes of at least 4 members (excludes halogenated alkanes) is 9. The molecular formula is C27H37F2N5O7. The van der Waals surface area contributed by atoms with E-state index in [9.17, 15) is 33.4 Å². The molecule has 3 atom stereocenters. The minimum absolute atomic E-state index is 0.190. The highest BCUT2D eigenvalue weighted by Crippen LogP contribution is 2.42. The summed E-state index contributed by atoms with van der Waals surface area (Å²) in [5, 5.41) is 30.5. The lowest BCUT2D eigenvalue weighted by Gasteiger charge is -2.21. The molecule has 12 nitrogen and oxygen atoms in total. The van der Waals surface area contributed by atoms with Gasteiger partial charge in [0.2, 0.25) is 6.23 Å². The van der Waals surface area contributed by atoms with Crippen molar-refractivity contribution >= 4 is 17.7 Å². The number of anilines is 1. The average molecular weight is 582 g/mol. The highest BCUT2D eigenvalue weighted by atomic mass is 19.3. The lowest BCUT2D eigenvalue weighted by molar-refractivity contribution is -0.140. The molecule has 2 aromatic rings. The van der Waals surface area contributed by atoms with Crippen molar-refractivity contribution in [3.8, 4) is 0 Å². The number of aliphatic hydroxyl groups is 2. The number of aliphatic hydroxyl groups excluding tert-OH is 2. The van der Waals surface area contributed by atoms with Crippen molar-refractivity contribution in [1.29, 1.82) is 0 Å². The van der Waals surface area contributed by atoms with Crippen LogP contribution in [0.5, 0.6) is 0 Å². The number of amides is 1. The second kappa shape index (κ2) is 15.0. The van der Waals surface area contributed by atoms with Crippen LogP contribution in [0.3, 0.4) is 0 Å². The second-order valence-corrected chi connectivity index (χ2v) is 10.1. The first-order valence-electron chi connectivity index (χ1n) is 13.9. The molecule has 0 aliphatic carbocycles. The zero-order valence-electron chi connectivity index (χ0n) is 23.0. The predicted molar refractivity (Wildman–Crippen MR) is 143 cm³/mol. The molecule has 0 radical (unpaired) electrons. The van der Waals surface area contributed by atoms with E-state index in [4.69, 9.17) is 9.84 Å². The van der Waals surface area contributed by atoms with Gasteiger partial charge in [0.1, 0.15) is 23.4 Å². The van der Waals surface area contributed by atoms with Gasteiger partial charge in [-0.25, -0.2) is 19.6 Å². The standard InChI is InChI=1S/C27H37F2N5O7/c1-2-3-4-5-6-7-8-9-10-11-12-20-30-17(15-18(31-20)24(38)39)23(37)32-21-13-14-34(26(40)33-21)25-27(28,29)22(36)19(16-35)41-25/h13-15,19,22,25,35-36H,2-12,16H2,1H3,(H,38,39)(H,32,33,37,40)/t19-,22-,25-/m1/s1. The SMILES string of the molecule is CCCCCCCCCCCCc1nc(C(=O)O)cc(C(=O)Nc2ccn([C@@H]3O[C@H](CO)[C@@H](O)C3(F)F)c(=O)n2)n1. The number of halogens is 2. The summed E-state index contributed by atoms with van der Waals surface area (Å²) < 4.78 is 34.2. The van der Waals surface area contributed by atoms with Gasteiger partial charge in [-0.05, 0) is 12.5 Å². The molecule has 226 valence electrons. The van der Waals surface area contributed by atoms with Crippen LogP contribution in [0.2, 0.25) is 0 Å². The Bertz CT molecular complexity index is 1240. The number of hydrogen-bond donors (Lipinski definition) is 4. The van der Waals surface area contributed by atoms with Crippen molar-refractivity contribution in [2.75, 3.05) is 11.9 Å². The quantitative estimate of drug-likeness (QED) is 0.215. The molecule has 1 fully saturated rings. The number of aryl methyl sites for hydroxylation is 1. The second-order valence-electron chi connectivity index (χ2n) is 10.1. The molecule has 3 heterocycles. The molecule has 1 aliphatic heterocycles. The van der Waals surface area contributed by atoms with Crippen LogP contribution in [0.4, 0.5) is 14.6 Å². The summed E-state index contributed by atoms with van der Waals surface area (Å²) in [4.78, 5) is 48.6. The summed E-state index contributed by atoms with van der Waals surface area (Å²) in [6.07, 6.45) is 6.34. The molecule has 0 saturated carbocycles. The number of nitrogens with zero attached hydrogens (tertiary/aromatic N) is 4.